The van der Waals surface area contributed by atoms with Crippen molar-refractivity contribution >= 4 is 33.4 Å². The van der Waals surface area contributed by atoms with Gasteiger partial charge < -0.3 is 10.1 Å². The molecule has 1 aromatic carbocycles. The monoisotopic (exact) mass is 371 g/mol. The largest absolute Gasteiger partial charge is 0.471 e. The first-order chi connectivity index (χ1) is 13.8. The quantitative estimate of drug-likeness (QED) is 0.491. The Morgan fingerprint density at radius 2 is 2.07 bits per heavy atom. The fourth-order valence-corrected chi connectivity index (χ4v) is 3.12. The van der Waals surface area contributed by atoms with Gasteiger partial charge >= 0.3 is 0 Å². The van der Waals surface area contributed by atoms with Gasteiger partial charge in [-0.3, -0.25) is 19.7 Å². The number of nitrogens with zero attached hydrogens (tertiary/aromatic N) is 5. The lowest BCUT2D eigenvalue weighted by Gasteiger charge is -2.05. The molecule has 0 aliphatic carbocycles. The Labute approximate surface area is 160 Å². The number of aromatic amines is 1. The molecule has 0 aliphatic rings. The van der Waals surface area contributed by atoms with Crippen LogP contribution < -0.4 is 10.1 Å². The SMILES string of the molecule is Cn1nc(OCc2cccnc2)c2ccc(Nc3n[nH]c4cccnc34)cc21. The van der Waals surface area contributed by atoms with Crippen molar-refractivity contribution in [3.05, 3.63) is 66.6 Å². The zero-order chi connectivity index (χ0) is 18.9. The highest BCUT2D eigenvalue weighted by molar-refractivity contribution is 5.91. The van der Waals surface area contributed by atoms with Crippen molar-refractivity contribution < 1.29 is 4.74 Å². The van der Waals surface area contributed by atoms with Gasteiger partial charge in [-0.1, -0.05) is 6.07 Å². The summed E-state index contributed by atoms with van der Waals surface area (Å²) in [7, 11) is 1.90. The molecule has 0 atom stereocenters. The zero-order valence-corrected chi connectivity index (χ0v) is 15.1. The minimum Gasteiger partial charge on any atom is -0.471 e. The number of aryl methyl sites for hydroxylation is 1. The molecule has 0 radical (unpaired) electrons. The second-order valence-corrected chi connectivity index (χ2v) is 6.41. The first kappa shape index (κ1) is 16.2. The van der Waals surface area contributed by atoms with E-state index >= 15 is 0 Å². The van der Waals surface area contributed by atoms with Crippen LogP contribution in [0.25, 0.3) is 21.9 Å². The van der Waals surface area contributed by atoms with E-state index in [-0.39, 0.29) is 0 Å². The summed E-state index contributed by atoms with van der Waals surface area (Å²) in [5.74, 6) is 1.28. The summed E-state index contributed by atoms with van der Waals surface area (Å²) in [4.78, 5) is 8.48. The molecule has 0 spiro atoms. The van der Waals surface area contributed by atoms with E-state index < -0.39 is 0 Å². The Bertz CT molecular complexity index is 1260. The Morgan fingerprint density at radius 3 is 2.96 bits per heavy atom. The van der Waals surface area contributed by atoms with Crippen molar-refractivity contribution in [1.82, 2.24) is 29.9 Å². The molecule has 28 heavy (non-hydrogen) atoms. The molecule has 0 unspecified atom stereocenters. The number of ether oxygens (including phenoxy) is 1. The van der Waals surface area contributed by atoms with Crippen molar-refractivity contribution in [3.8, 4) is 5.88 Å². The van der Waals surface area contributed by atoms with E-state index in [9.17, 15) is 0 Å². The van der Waals surface area contributed by atoms with Crippen molar-refractivity contribution in [2.75, 3.05) is 5.32 Å². The number of hydrogen-bond acceptors (Lipinski definition) is 6. The standard InChI is InChI=1S/C20H17N7O/c1-27-17-10-14(23-19-18-16(24-25-19)5-3-9-22-18)6-7-15(17)20(26-27)28-12-13-4-2-8-21-11-13/h2-11H,12H2,1H3,(H2,23,24,25). The molecule has 0 aliphatic heterocycles. The van der Waals surface area contributed by atoms with Crippen molar-refractivity contribution in [2.24, 2.45) is 7.05 Å². The summed E-state index contributed by atoms with van der Waals surface area (Å²) >= 11 is 0. The van der Waals surface area contributed by atoms with Crippen LogP contribution in [0.1, 0.15) is 5.56 Å². The number of nitrogens with one attached hydrogen (secondary N) is 2. The van der Waals surface area contributed by atoms with Crippen molar-refractivity contribution in [2.45, 2.75) is 6.61 Å². The van der Waals surface area contributed by atoms with Gasteiger partial charge in [0.15, 0.2) is 5.82 Å². The van der Waals surface area contributed by atoms with E-state index in [2.05, 4.69) is 30.6 Å². The van der Waals surface area contributed by atoms with Crippen LogP contribution in [0.3, 0.4) is 0 Å². The molecular formula is C20H17N7O. The number of pyridine rings is 2. The van der Waals surface area contributed by atoms with E-state index in [1.165, 1.54) is 0 Å². The third-order valence-electron chi connectivity index (χ3n) is 4.50. The lowest BCUT2D eigenvalue weighted by molar-refractivity contribution is 0.293. The number of benzene rings is 1. The van der Waals surface area contributed by atoms with Crippen molar-refractivity contribution in [3.63, 3.8) is 0 Å². The predicted octanol–water partition coefficient (Wildman–Crippen LogP) is 3.56. The average Bonchev–Trinajstić information content (AvgIpc) is 3.28. The van der Waals surface area contributed by atoms with Crippen LogP contribution in [0.4, 0.5) is 11.5 Å². The minimum absolute atomic E-state index is 0.422. The van der Waals surface area contributed by atoms with Gasteiger partial charge in [-0.25, -0.2) is 0 Å². The summed E-state index contributed by atoms with van der Waals surface area (Å²) in [5, 5.41) is 16.1. The first-order valence-corrected chi connectivity index (χ1v) is 8.82. The number of H-pyrrole nitrogens is 1. The molecular weight excluding hydrogens is 354 g/mol. The molecule has 8 heteroatoms. The maximum absolute atomic E-state index is 5.91. The number of fused-ring (bicyclic) bond motifs is 2. The van der Waals surface area contributed by atoms with Gasteiger partial charge in [0.05, 0.1) is 16.4 Å². The maximum Gasteiger partial charge on any atom is 0.241 e. The van der Waals surface area contributed by atoms with Gasteiger partial charge in [0.25, 0.3) is 0 Å². The smallest absolute Gasteiger partial charge is 0.241 e. The summed E-state index contributed by atoms with van der Waals surface area (Å²) in [5.41, 5.74) is 4.54. The topological polar surface area (TPSA) is 93.5 Å². The van der Waals surface area contributed by atoms with Crippen LogP contribution in [0.2, 0.25) is 0 Å². The number of rotatable bonds is 5. The maximum atomic E-state index is 5.91. The van der Waals surface area contributed by atoms with Gasteiger partial charge in [-0.2, -0.15) is 5.10 Å². The molecule has 0 saturated carbocycles. The summed E-state index contributed by atoms with van der Waals surface area (Å²) in [6.45, 7) is 0.422. The minimum atomic E-state index is 0.422. The summed E-state index contributed by atoms with van der Waals surface area (Å²) < 4.78 is 7.72. The third-order valence-corrected chi connectivity index (χ3v) is 4.50. The molecule has 4 heterocycles. The van der Waals surface area contributed by atoms with E-state index in [0.717, 1.165) is 33.2 Å². The van der Waals surface area contributed by atoms with Crippen LogP contribution >= 0.6 is 0 Å². The fraction of sp³-hybridized carbons (Fsp3) is 0.100. The van der Waals surface area contributed by atoms with Gasteiger partial charge in [0.2, 0.25) is 5.88 Å². The highest BCUT2D eigenvalue weighted by Gasteiger charge is 2.12. The van der Waals surface area contributed by atoms with Crippen LogP contribution in [0.5, 0.6) is 5.88 Å². The number of aromatic nitrogens is 6. The molecule has 0 bridgehead atoms. The Hall–Kier alpha value is -3.94. The van der Waals surface area contributed by atoms with Gasteiger partial charge in [0.1, 0.15) is 12.1 Å². The molecule has 138 valence electrons. The average molecular weight is 371 g/mol. The molecule has 5 aromatic rings. The summed E-state index contributed by atoms with van der Waals surface area (Å²) in [6, 6.07) is 13.7. The Balaban J connectivity index is 1.42. The predicted molar refractivity (Wildman–Crippen MR) is 106 cm³/mol. The van der Waals surface area contributed by atoms with Crippen molar-refractivity contribution in [1.29, 1.82) is 0 Å². The first-order valence-electron chi connectivity index (χ1n) is 8.82. The van der Waals surface area contributed by atoms with Gasteiger partial charge in [-0.05, 0) is 36.4 Å². The second kappa shape index (κ2) is 6.66. The Kier molecular flexibility index (Phi) is 3.86. The third kappa shape index (κ3) is 2.90. The van der Waals surface area contributed by atoms with E-state index in [1.54, 1.807) is 23.3 Å². The van der Waals surface area contributed by atoms with E-state index in [1.807, 2.05) is 49.5 Å². The molecule has 4 aromatic heterocycles. The lowest BCUT2D eigenvalue weighted by atomic mass is 10.2. The molecule has 0 fully saturated rings. The fourth-order valence-electron chi connectivity index (χ4n) is 3.12. The highest BCUT2D eigenvalue weighted by atomic mass is 16.5. The lowest BCUT2D eigenvalue weighted by Crippen LogP contribution is -1.97. The van der Waals surface area contributed by atoms with Gasteiger partial charge in [0, 0.05) is 36.9 Å². The molecule has 5 rings (SSSR count). The molecule has 8 nitrogen and oxygen atoms in total. The molecule has 0 amide bonds. The van der Waals surface area contributed by atoms with E-state index in [4.69, 9.17) is 4.74 Å². The summed E-state index contributed by atoms with van der Waals surface area (Å²) in [6.07, 6.45) is 5.28. The number of anilines is 2. The second-order valence-electron chi connectivity index (χ2n) is 6.41. The molecule has 2 N–H and O–H groups in total. The van der Waals surface area contributed by atoms with Crippen LogP contribution in [0, 0.1) is 0 Å². The van der Waals surface area contributed by atoms with Gasteiger partial charge in [-0.15, -0.1) is 5.10 Å². The van der Waals surface area contributed by atoms with Crippen LogP contribution in [-0.2, 0) is 13.7 Å². The molecule has 0 saturated heterocycles. The normalized spacial score (nSPS) is 11.2. The van der Waals surface area contributed by atoms with Crippen LogP contribution in [-0.4, -0.2) is 29.9 Å². The van der Waals surface area contributed by atoms with Crippen LogP contribution in [0.15, 0.2) is 61.1 Å². The van der Waals surface area contributed by atoms with E-state index in [0.29, 0.717) is 18.3 Å². The Morgan fingerprint density at radius 1 is 1.14 bits per heavy atom. The zero-order valence-electron chi connectivity index (χ0n) is 15.1. The number of hydrogen-bond donors (Lipinski definition) is 2. The highest BCUT2D eigenvalue weighted by Crippen LogP contribution is 2.29.